The van der Waals surface area contributed by atoms with E-state index in [1.807, 2.05) is 0 Å². The molecule has 0 saturated heterocycles. The fourth-order valence-electron chi connectivity index (χ4n) is 3.44. The Hall–Kier alpha value is -0.820. The summed E-state index contributed by atoms with van der Waals surface area (Å²) in [4.78, 5) is 0. The summed E-state index contributed by atoms with van der Waals surface area (Å²) < 4.78 is 0. The van der Waals surface area contributed by atoms with Crippen LogP contribution in [0.5, 0.6) is 0 Å². The number of hydrogen-bond donors (Lipinski definition) is 1. The largest absolute Gasteiger partial charge is 0.310 e. The maximum absolute atomic E-state index is 3.77. The zero-order valence-corrected chi connectivity index (χ0v) is 13.9. The van der Waals surface area contributed by atoms with E-state index < -0.39 is 0 Å². The molecule has 0 aliphatic heterocycles. The Kier molecular flexibility index (Phi) is 5.26. The normalized spacial score (nSPS) is 24.6. The summed E-state index contributed by atoms with van der Waals surface area (Å²) in [6.07, 6.45) is 5.66. The van der Waals surface area contributed by atoms with Crippen molar-refractivity contribution in [3.8, 4) is 0 Å². The highest BCUT2D eigenvalue weighted by molar-refractivity contribution is 5.38. The van der Waals surface area contributed by atoms with Gasteiger partial charge in [-0.1, -0.05) is 31.9 Å². The molecule has 1 atom stereocenters. The van der Waals surface area contributed by atoms with Gasteiger partial charge in [-0.2, -0.15) is 0 Å². The summed E-state index contributed by atoms with van der Waals surface area (Å²) in [5.41, 5.74) is 5.70. The predicted octanol–water partition coefficient (Wildman–Crippen LogP) is 5.09. The molecule has 0 heterocycles. The van der Waals surface area contributed by atoms with Crippen molar-refractivity contribution < 1.29 is 0 Å². The molecule has 1 unspecified atom stereocenters. The molecule has 1 aromatic rings. The Labute approximate surface area is 125 Å². The number of aryl methyl sites for hydroxylation is 3. The topological polar surface area (TPSA) is 12.0 Å². The van der Waals surface area contributed by atoms with Gasteiger partial charge in [-0.15, -0.1) is 0 Å². The van der Waals surface area contributed by atoms with Gasteiger partial charge in [0, 0.05) is 6.04 Å². The molecule has 1 aromatic carbocycles. The van der Waals surface area contributed by atoms with E-state index in [4.69, 9.17) is 0 Å². The summed E-state index contributed by atoms with van der Waals surface area (Å²) in [5, 5.41) is 3.77. The Morgan fingerprint density at radius 3 is 2.25 bits per heavy atom. The highest BCUT2D eigenvalue weighted by Gasteiger charge is 2.19. The monoisotopic (exact) mass is 273 g/mol. The molecule has 0 bridgehead atoms. The second-order valence-corrected chi connectivity index (χ2v) is 7.05. The van der Waals surface area contributed by atoms with Crippen molar-refractivity contribution in [2.45, 2.75) is 66.3 Å². The van der Waals surface area contributed by atoms with Crippen LogP contribution in [-0.4, -0.2) is 6.54 Å². The van der Waals surface area contributed by atoms with Gasteiger partial charge < -0.3 is 5.32 Å². The first kappa shape index (κ1) is 15.6. The molecule has 1 aliphatic rings. The third-order valence-corrected chi connectivity index (χ3v) is 5.20. The minimum Gasteiger partial charge on any atom is -0.310 e. The second-order valence-electron chi connectivity index (χ2n) is 7.05. The Morgan fingerprint density at radius 2 is 1.60 bits per heavy atom. The van der Waals surface area contributed by atoms with Gasteiger partial charge >= 0.3 is 0 Å². The molecule has 1 N–H and O–H groups in total. The fourth-order valence-corrected chi connectivity index (χ4v) is 3.44. The second kappa shape index (κ2) is 6.76. The van der Waals surface area contributed by atoms with Gasteiger partial charge in [0.25, 0.3) is 0 Å². The van der Waals surface area contributed by atoms with Crippen LogP contribution >= 0.6 is 0 Å². The van der Waals surface area contributed by atoms with Crippen molar-refractivity contribution in [3.05, 3.63) is 34.4 Å². The molecule has 1 saturated carbocycles. The van der Waals surface area contributed by atoms with Crippen molar-refractivity contribution >= 4 is 0 Å². The average Bonchev–Trinajstić information content (AvgIpc) is 2.42. The quantitative estimate of drug-likeness (QED) is 0.806. The minimum atomic E-state index is 0.466. The lowest BCUT2D eigenvalue weighted by Crippen LogP contribution is -2.28. The van der Waals surface area contributed by atoms with Crippen LogP contribution in [-0.2, 0) is 0 Å². The standard InChI is InChI=1S/C19H31N/c1-13-6-8-18(9-7-13)12-20-17(5)19-11-15(3)14(2)10-16(19)4/h10-11,13,17-18,20H,6-9,12H2,1-5H3. The van der Waals surface area contributed by atoms with Gasteiger partial charge in [0.15, 0.2) is 0 Å². The van der Waals surface area contributed by atoms with E-state index in [9.17, 15) is 0 Å². The smallest absolute Gasteiger partial charge is 0.0294 e. The maximum Gasteiger partial charge on any atom is 0.0294 e. The molecular weight excluding hydrogens is 242 g/mol. The highest BCUT2D eigenvalue weighted by atomic mass is 14.9. The van der Waals surface area contributed by atoms with Gasteiger partial charge in [-0.25, -0.2) is 0 Å². The SMILES string of the molecule is Cc1cc(C)c(C(C)NCC2CCC(C)CC2)cc1C. The first-order valence-corrected chi connectivity index (χ1v) is 8.28. The van der Waals surface area contributed by atoms with Crippen LogP contribution in [0.25, 0.3) is 0 Å². The minimum absolute atomic E-state index is 0.466. The van der Waals surface area contributed by atoms with Crippen molar-refractivity contribution in [2.75, 3.05) is 6.54 Å². The number of rotatable bonds is 4. The van der Waals surface area contributed by atoms with E-state index in [1.54, 1.807) is 0 Å². The summed E-state index contributed by atoms with van der Waals surface area (Å²) in [6.45, 7) is 12.5. The molecule has 1 aliphatic carbocycles. The van der Waals surface area contributed by atoms with Gasteiger partial charge in [-0.3, -0.25) is 0 Å². The van der Waals surface area contributed by atoms with Crippen molar-refractivity contribution in [1.29, 1.82) is 0 Å². The molecule has 2 rings (SSSR count). The third-order valence-electron chi connectivity index (χ3n) is 5.20. The number of hydrogen-bond acceptors (Lipinski definition) is 1. The summed E-state index contributed by atoms with van der Waals surface area (Å²) in [7, 11) is 0. The maximum atomic E-state index is 3.77. The Morgan fingerprint density at radius 1 is 1.00 bits per heavy atom. The van der Waals surface area contributed by atoms with Crippen LogP contribution in [0.1, 0.15) is 67.8 Å². The third kappa shape index (κ3) is 3.85. The highest BCUT2D eigenvalue weighted by Crippen LogP contribution is 2.28. The van der Waals surface area contributed by atoms with Crippen LogP contribution in [0, 0.1) is 32.6 Å². The lowest BCUT2D eigenvalue weighted by molar-refractivity contribution is 0.276. The fraction of sp³-hybridized carbons (Fsp3) is 0.684. The zero-order valence-electron chi connectivity index (χ0n) is 13.9. The van der Waals surface area contributed by atoms with Crippen molar-refractivity contribution in [3.63, 3.8) is 0 Å². The molecule has 0 amide bonds. The van der Waals surface area contributed by atoms with E-state index >= 15 is 0 Å². The molecule has 1 fully saturated rings. The van der Waals surface area contributed by atoms with Gasteiger partial charge in [0.1, 0.15) is 0 Å². The lowest BCUT2D eigenvalue weighted by atomic mass is 9.83. The summed E-state index contributed by atoms with van der Waals surface area (Å²) >= 11 is 0. The van der Waals surface area contributed by atoms with Gasteiger partial charge in [-0.05, 0) is 81.2 Å². The summed E-state index contributed by atoms with van der Waals surface area (Å²) in [6, 6.07) is 5.16. The lowest BCUT2D eigenvalue weighted by Gasteiger charge is -2.28. The van der Waals surface area contributed by atoms with Crippen molar-refractivity contribution in [1.82, 2.24) is 5.32 Å². The van der Waals surface area contributed by atoms with Crippen LogP contribution in [0.2, 0.25) is 0 Å². The number of benzene rings is 1. The van der Waals surface area contributed by atoms with E-state index in [2.05, 4.69) is 52.1 Å². The molecule has 0 radical (unpaired) electrons. The summed E-state index contributed by atoms with van der Waals surface area (Å²) in [5.74, 6) is 1.84. The van der Waals surface area contributed by atoms with Gasteiger partial charge in [0.2, 0.25) is 0 Å². The molecule has 0 aromatic heterocycles. The van der Waals surface area contributed by atoms with E-state index in [1.165, 1.54) is 54.5 Å². The molecule has 0 spiro atoms. The van der Waals surface area contributed by atoms with Gasteiger partial charge in [0.05, 0.1) is 0 Å². The van der Waals surface area contributed by atoms with Crippen molar-refractivity contribution in [2.24, 2.45) is 11.8 Å². The van der Waals surface area contributed by atoms with Crippen LogP contribution < -0.4 is 5.32 Å². The van der Waals surface area contributed by atoms with Crippen LogP contribution in [0.4, 0.5) is 0 Å². The Bertz CT molecular complexity index is 441. The van der Waals surface area contributed by atoms with E-state index in [0.717, 1.165) is 11.8 Å². The first-order chi connectivity index (χ1) is 9.47. The van der Waals surface area contributed by atoms with Crippen LogP contribution in [0.3, 0.4) is 0 Å². The predicted molar refractivity (Wildman–Crippen MR) is 88.2 cm³/mol. The zero-order chi connectivity index (χ0) is 14.7. The first-order valence-electron chi connectivity index (χ1n) is 8.28. The molecule has 1 heteroatoms. The van der Waals surface area contributed by atoms with Crippen LogP contribution in [0.15, 0.2) is 12.1 Å². The number of nitrogens with one attached hydrogen (secondary N) is 1. The Balaban J connectivity index is 1.92. The average molecular weight is 273 g/mol. The molecular formula is C19H31N. The molecule has 112 valence electrons. The molecule has 1 nitrogen and oxygen atoms in total. The van der Waals surface area contributed by atoms with E-state index in [-0.39, 0.29) is 0 Å². The van der Waals surface area contributed by atoms with E-state index in [0.29, 0.717) is 6.04 Å². The molecule has 20 heavy (non-hydrogen) atoms.